The number of rotatable bonds is 11. The van der Waals surface area contributed by atoms with E-state index in [0.29, 0.717) is 5.54 Å². The molecule has 1 aliphatic carbocycles. The van der Waals surface area contributed by atoms with Gasteiger partial charge >= 0.3 is 171 Å². The summed E-state index contributed by atoms with van der Waals surface area (Å²) >= 11 is 0. The Kier molecular flexibility index (Phi) is 10.4. The van der Waals surface area contributed by atoms with Gasteiger partial charge in [0.2, 0.25) is 0 Å². The Hall–Kier alpha value is -0.330. The Bertz CT molecular complexity index is 510. The molecule has 1 unspecified atom stereocenters. The van der Waals surface area contributed by atoms with E-state index in [2.05, 4.69) is 45.9 Å². The van der Waals surface area contributed by atoms with Crippen LogP contribution in [0.15, 0.2) is 0 Å². The molecule has 1 heterocycles. The molecule has 0 saturated heterocycles. The second-order valence-electron chi connectivity index (χ2n) is 9.68. The van der Waals surface area contributed by atoms with Gasteiger partial charge in [-0.2, -0.15) is 0 Å². The van der Waals surface area contributed by atoms with E-state index < -0.39 is 0 Å². The predicted molar refractivity (Wildman–Crippen MR) is 123 cm³/mol. The number of fused-ring (bicyclic) bond motifs is 1. The van der Waals surface area contributed by atoms with Gasteiger partial charge in [-0.25, -0.2) is 0 Å². The van der Waals surface area contributed by atoms with Gasteiger partial charge in [0, 0.05) is 0 Å². The monoisotopic (exact) mass is 369 g/mol. The molecule has 0 saturated carbocycles. The molecule has 152 valence electrons. The molecule has 0 aromatic carbocycles. The quantitative estimate of drug-likeness (QED) is 0.366. The Morgan fingerprint density at radius 2 is 1.59 bits per heavy atom. The fourth-order valence-corrected chi connectivity index (χ4v) is 5.15. The molecule has 2 rings (SSSR count). The van der Waals surface area contributed by atoms with E-state index in [9.17, 15) is 0 Å². The third-order valence-corrected chi connectivity index (χ3v) is 6.98. The Morgan fingerprint density at radius 1 is 0.926 bits per heavy atom. The second kappa shape index (κ2) is 12.3. The molecular formula is C24H45B2N. The molecular weight excluding hydrogens is 324 g/mol. The van der Waals surface area contributed by atoms with Crippen LogP contribution >= 0.6 is 0 Å². The first-order chi connectivity index (χ1) is 13.1. The number of hydrogen-bond acceptors (Lipinski definition) is 0. The van der Waals surface area contributed by atoms with E-state index in [4.69, 9.17) is 0 Å². The van der Waals surface area contributed by atoms with E-state index >= 15 is 0 Å². The summed E-state index contributed by atoms with van der Waals surface area (Å²) in [7, 11) is 0. The predicted octanol–water partition coefficient (Wildman–Crippen LogP) is 7.12. The molecule has 0 bridgehead atoms. The third-order valence-electron chi connectivity index (χ3n) is 6.98. The first-order valence-electron chi connectivity index (χ1n) is 12.3. The van der Waals surface area contributed by atoms with Crippen molar-refractivity contribution in [3.05, 3.63) is 11.2 Å². The molecule has 0 amide bonds. The van der Waals surface area contributed by atoms with E-state index in [1.807, 2.05) is 0 Å². The molecule has 0 radical (unpaired) electrons. The average Bonchev–Trinajstić information content (AvgIpc) is 3.07. The van der Waals surface area contributed by atoms with Gasteiger partial charge in [-0.1, -0.05) is 0 Å². The van der Waals surface area contributed by atoms with Crippen LogP contribution in [0, 0.1) is 5.92 Å². The van der Waals surface area contributed by atoms with E-state index in [1.165, 1.54) is 103 Å². The summed E-state index contributed by atoms with van der Waals surface area (Å²) in [5.41, 5.74) is 3.68. The number of aromatic nitrogens is 1. The van der Waals surface area contributed by atoms with Crippen LogP contribution in [-0.2, 0) is 18.4 Å². The van der Waals surface area contributed by atoms with Crippen LogP contribution in [-0.4, -0.2) is 18.2 Å². The maximum atomic E-state index is 2.76. The van der Waals surface area contributed by atoms with Crippen LogP contribution in [0.1, 0.15) is 129 Å². The summed E-state index contributed by atoms with van der Waals surface area (Å²) in [5, 5.41) is 0. The van der Waals surface area contributed by atoms with Crippen molar-refractivity contribution in [2.45, 2.75) is 136 Å². The standard InChI is InChI=1S/C24H45B2N/c1-5-7-9-14-18-24(4,19-15-10-8-6-2)27-23-17-13-11-12-16-21(3)20-22(23)25-26-27/h21H,5-20H2,1-4H3. The number of hydrogen-bond donors (Lipinski definition) is 0. The van der Waals surface area contributed by atoms with E-state index in [0.717, 1.165) is 5.92 Å². The fourth-order valence-electron chi connectivity index (χ4n) is 5.15. The summed E-state index contributed by atoms with van der Waals surface area (Å²) in [6.07, 6.45) is 22.0. The van der Waals surface area contributed by atoms with Gasteiger partial charge in [0.05, 0.1) is 0 Å². The zero-order chi connectivity index (χ0) is 19.5. The molecule has 1 aliphatic rings. The number of unbranched alkanes of at least 4 members (excludes halogenated alkanes) is 6. The Morgan fingerprint density at radius 3 is 2.22 bits per heavy atom. The molecule has 0 spiro atoms. The molecule has 0 N–H and O–H groups in total. The summed E-state index contributed by atoms with van der Waals surface area (Å²) in [6, 6.07) is 0. The van der Waals surface area contributed by atoms with E-state index in [1.54, 1.807) is 11.2 Å². The third kappa shape index (κ3) is 7.21. The van der Waals surface area contributed by atoms with Crippen LogP contribution in [0.4, 0.5) is 0 Å². The summed E-state index contributed by atoms with van der Waals surface area (Å²) in [6.45, 7) is 14.6. The van der Waals surface area contributed by atoms with Crippen LogP contribution in [0.5, 0.6) is 0 Å². The molecule has 0 fully saturated rings. The molecule has 27 heavy (non-hydrogen) atoms. The molecule has 1 aromatic rings. The van der Waals surface area contributed by atoms with Crippen molar-refractivity contribution in [1.29, 1.82) is 0 Å². The Labute approximate surface area is 171 Å². The first-order valence-corrected chi connectivity index (χ1v) is 12.3. The van der Waals surface area contributed by atoms with Crippen LogP contribution in [0.2, 0.25) is 0 Å². The second-order valence-corrected chi connectivity index (χ2v) is 9.68. The minimum atomic E-state index is 0.326. The molecule has 3 heteroatoms. The summed E-state index contributed by atoms with van der Waals surface area (Å²) in [5.74, 6) is 0.845. The van der Waals surface area contributed by atoms with Crippen LogP contribution in [0.25, 0.3) is 0 Å². The molecule has 0 aliphatic heterocycles. The van der Waals surface area contributed by atoms with Crippen LogP contribution in [0.3, 0.4) is 0 Å². The summed E-state index contributed by atoms with van der Waals surface area (Å²) < 4.78 is 2.76. The van der Waals surface area contributed by atoms with Gasteiger partial charge in [-0.3, -0.25) is 0 Å². The van der Waals surface area contributed by atoms with Crippen molar-refractivity contribution in [1.82, 2.24) is 4.47 Å². The van der Waals surface area contributed by atoms with Crippen molar-refractivity contribution in [3.8, 4) is 0 Å². The van der Waals surface area contributed by atoms with Crippen molar-refractivity contribution >= 4 is 13.7 Å². The average molecular weight is 369 g/mol. The van der Waals surface area contributed by atoms with Crippen molar-refractivity contribution in [2.24, 2.45) is 5.92 Å². The molecule has 1 aromatic heterocycles. The number of nitrogens with zero attached hydrogens (tertiary/aromatic N) is 1. The SMILES string of the molecule is CCCCCCC(C)(CCCCCC)n1bbc2c1CCCCCC(C)C2. The van der Waals surface area contributed by atoms with Gasteiger partial charge in [0.25, 0.3) is 0 Å². The zero-order valence-corrected chi connectivity index (χ0v) is 19.0. The van der Waals surface area contributed by atoms with Crippen LogP contribution < -0.4 is 0 Å². The summed E-state index contributed by atoms with van der Waals surface area (Å²) in [4.78, 5) is 0. The topological polar surface area (TPSA) is 4.93 Å². The maximum absolute atomic E-state index is 2.76. The molecule has 1 atom stereocenters. The van der Waals surface area contributed by atoms with E-state index in [-0.39, 0.29) is 0 Å². The zero-order valence-electron chi connectivity index (χ0n) is 19.0. The minimum absolute atomic E-state index is 0.326. The van der Waals surface area contributed by atoms with Gasteiger partial charge < -0.3 is 0 Å². The van der Waals surface area contributed by atoms with Gasteiger partial charge in [-0.15, -0.1) is 0 Å². The fraction of sp³-hybridized carbons (Fsp3) is 0.917. The first kappa shape index (κ1) is 23.0. The van der Waals surface area contributed by atoms with Crippen molar-refractivity contribution in [3.63, 3.8) is 0 Å². The van der Waals surface area contributed by atoms with Gasteiger partial charge in [0.15, 0.2) is 0 Å². The normalized spacial score (nSPS) is 18.3. The van der Waals surface area contributed by atoms with Gasteiger partial charge in [0.1, 0.15) is 0 Å². The Balaban J connectivity index is 2.18. The van der Waals surface area contributed by atoms with Gasteiger partial charge in [-0.05, 0) is 0 Å². The van der Waals surface area contributed by atoms with Crippen molar-refractivity contribution in [2.75, 3.05) is 0 Å². The molecule has 1 nitrogen and oxygen atoms in total. The van der Waals surface area contributed by atoms with Crippen molar-refractivity contribution < 1.29 is 0 Å².